The molecule has 8 heteroatoms. The van der Waals surface area contributed by atoms with Crippen LogP contribution in [0.4, 0.5) is 9.18 Å². The first kappa shape index (κ1) is 20.5. The Bertz CT molecular complexity index is 749. The second-order valence-electron chi connectivity index (χ2n) is 6.76. The second-order valence-corrected chi connectivity index (χ2v) is 6.76. The van der Waals surface area contributed by atoms with Crippen molar-refractivity contribution in [3.8, 4) is 0 Å². The van der Waals surface area contributed by atoms with Crippen LogP contribution in [0.1, 0.15) is 50.4 Å². The molecule has 1 heterocycles. The van der Waals surface area contributed by atoms with Gasteiger partial charge in [0.2, 0.25) is 5.78 Å². The molecule has 0 unspecified atom stereocenters. The Morgan fingerprint density at radius 1 is 1.26 bits per heavy atom. The summed E-state index contributed by atoms with van der Waals surface area (Å²) in [6.45, 7) is 4.39. The zero-order valence-electron chi connectivity index (χ0n) is 15.6. The molecule has 2 rings (SSSR count). The van der Waals surface area contributed by atoms with Gasteiger partial charge in [0.1, 0.15) is 17.9 Å². The van der Waals surface area contributed by atoms with Gasteiger partial charge in [0, 0.05) is 5.56 Å². The van der Waals surface area contributed by atoms with Gasteiger partial charge in [-0.2, -0.15) is 0 Å². The number of ketones is 1. The molecule has 0 saturated carbocycles. The van der Waals surface area contributed by atoms with Gasteiger partial charge >= 0.3 is 12.0 Å². The molecular weight excluding hydrogens is 355 g/mol. The van der Waals surface area contributed by atoms with E-state index in [9.17, 15) is 23.6 Å². The van der Waals surface area contributed by atoms with E-state index < -0.39 is 47.7 Å². The van der Waals surface area contributed by atoms with Crippen LogP contribution in [0.5, 0.6) is 0 Å². The van der Waals surface area contributed by atoms with Gasteiger partial charge in [-0.15, -0.1) is 0 Å². The summed E-state index contributed by atoms with van der Waals surface area (Å²) >= 11 is 0. The lowest BCUT2D eigenvalue weighted by atomic mass is 9.95. The predicted octanol–water partition coefficient (Wildman–Crippen LogP) is 2.44. The van der Waals surface area contributed by atoms with E-state index in [2.05, 4.69) is 5.32 Å². The highest BCUT2D eigenvalue weighted by atomic mass is 19.1. The smallest absolute Gasteiger partial charge is 0.326 e. The van der Waals surface area contributed by atoms with Crippen LogP contribution in [0.3, 0.4) is 0 Å². The highest BCUT2D eigenvalue weighted by Gasteiger charge is 2.48. The molecule has 0 aliphatic carbocycles. The molecule has 1 saturated heterocycles. The summed E-state index contributed by atoms with van der Waals surface area (Å²) in [5.41, 5.74) is -0.845. The minimum absolute atomic E-state index is 0.193. The summed E-state index contributed by atoms with van der Waals surface area (Å²) in [4.78, 5) is 49.7. The second kappa shape index (κ2) is 8.28. The Labute approximate surface area is 156 Å². The van der Waals surface area contributed by atoms with Gasteiger partial charge in [0.25, 0.3) is 5.91 Å². The number of carbonyl (C=O) groups excluding carboxylic acids is 4. The van der Waals surface area contributed by atoms with Crippen LogP contribution in [0.2, 0.25) is 0 Å². The van der Waals surface area contributed by atoms with E-state index in [1.165, 1.54) is 19.1 Å². The number of esters is 1. The van der Waals surface area contributed by atoms with Crippen LogP contribution >= 0.6 is 0 Å². The topological polar surface area (TPSA) is 92.8 Å². The van der Waals surface area contributed by atoms with E-state index in [4.69, 9.17) is 4.74 Å². The molecule has 1 N–H and O–H groups in total. The fraction of sp³-hybridized carbons (Fsp3) is 0.474. The van der Waals surface area contributed by atoms with Gasteiger partial charge in [-0.1, -0.05) is 19.8 Å². The van der Waals surface area contributed by atoms with Gasteiger partial charge in [-0.25, -0.2) is 9.18 Å². The van der Waals surface area contributed by atoms with E-state index in [-0.39, 0.29) is 5.56 Å². The van der Waals surface area contributed by atoms with Crippen molar-refractivity contribution in [2.45, 2.75) is 51.7 Å². The zero-order chi connectivity index (χ0) is 20.2. The van der Waals surface area contributed by atoms with Gasteiger partial charge in [0.15, 0.2) is 6.10 Å². The Balaban J connectivity index is 1.96. The quantitative estimate of drug-likeness (QED) is 0.426. The molecule has 0 radical (unpaired) electrons. The third kappa shape index (κ3) is 4.69. The number of hydrogen-bond acceptors (Lipinski definition) is 5. The summed E-state index contributed by atoms with van der Waals surface area (Å²) in [6, 6.07) is 4.18. The van der Waals surface area contributed by atoms with Gasteiger partial charge < -0.3 is 10.1 Å². The van der Waals surface area contributed by atoms with Crippen molar-refractivity contribution in [2.24, 2.45) is 0 Å². The number of amides is 3. The monoisotopic (exact) mass is 378 g/mol. The number of imide groups is 1. The summed E-state index contributed by atoms with van der Waals surface area (Å²) in [5, 5.41) is 2.60. The number of hydrogen-bond donors (Lipinski definition) is 1. The molecule has 0 bridgehead atoms. The molecule has 1 fully saturated rings. The Morgan fingerprint density at radius 2 is 1.89 bits per heavy atom. The van der Waals surface area contributed by atoms with E-state index in [0.29, 0.717) is 6.42 Å². The average Bonchev–Trinajstić information content (AvgIpc) is 2.83. The maximum atomic E-state index is 12.9. The van der Waals surface area contributed by atoms with E-state index in [1.54, 1.807) is 6.92 Å². The largest absolute Gasteiger partial charge is 0.453 e. The number of unbranched alkanes of at least 4 members (excludes halogenated alkanes) is 1. The van der Waals surface area contributed by atoms with Crippen LogP contribution in [0.15, 0.2) is 24.3 Å². The van der Waals surface area contributed by atoms with Crippen LogP contribution in [-0.2, 0) is 14.3 Å². The maximum absolute atomic E-state index is 12.9. The number of urea groups is 1. The first-order valence-corrected chi connectivity index (χ1v) is 8.81. The maximum Gasteiger partial charge on any atom is 0.326 e. The summed E-state index contributed by atoms with van der Waals surface area (Å²) in [7, 11) is 0. The average molecular weight is 378 g/mol. The molecule has 0 spiro atoms. The third-order valence-electron chi connectivity index (χ3n) is 4.47. The van der Waals surface area contributed by atoms with Crippen LogP contribution < -0.4 is 5.32 Å². The number of nitrogens with zero attached hydrogens (tertiary/aromatic N) is 1. The van der Waals surface area contributed by atoms with Crippen molar-refractivity contribution in [2.75, 3.05) is 6.54 Å². The number of halogens is 1. The Hall–Kier alpha value is -2.77. The molecule has 1 aromatic carbocycles. The van der Waals surface area contributed by atoms with E-state index >= 15 is 0 Å². The number of Topliss-reactive ketones (excluding diaryl/α,β-unsaturated/α-hetero) is 1. The SMILES string of the molecule is CCCC[C@@]1(C)NC(=O)N(CC(=O)O[C@H](C)C(=O)c2ccc(F)cc2)C1=O. The molecule has 1 aliphatic heterocycles. The molecule has 0 aromatic heterocycles. The minimum atomic E-state index is -1.13. The van der Waals surface area contributed by atoms with Gasteiger partial charge in [-0.05, 0) is 44.5 Å². The number of carbonyl (C=O) groups is 4. The lowest BCUT2D eigenvalue weighted by Crippen LogP contribution is -2.44. The van der Waals surface area contributed by atoms with Crippen molar-refractivity contribution in [1.29, 1.82) is 0 Å². The number of ether oxygens (including phenoxy) is 1. The highest BCUT2D eigenvalue weighted by Crippen LogP contribution is 2.23. The van der Waals surface area contributed by atoms with Crippen LogP contribution in [0.25, 0.3) is 0 Å². The van der Waals surface area contributed by atoms with Crippen molar-refractivity contribution < 1.29 is 28.3 Å². The Morgan fingerprint density at radius 3 is 2.48 bits per heavy atom. The normalized spacial score (nSPS) is 20.4. The summed E-state index contributed by atoms with van der Waals surface area (Å²) in [6.07, 6.45) is 0.961. The van der Waals surface area contributed by atoms with E-state index in [0.717, 1.165) is 29.9 Å². The van der Waals surface area contributed by atoms with Crippen molar-refractivity contribution in [3.63, 3.8) is 0 Å². The van der Waals surface area contributed by atoms with Crippen molar-refractivity contribution in [3.05, 3.63) is 35.6 Å². The molecule has 1 aromatic rings. The molecular formula is C19H23FN2O5. The lowest BCUT2D eigenvalue weighted by molar-refractivity contribution is -0.149. The van der Waals surface area contributed by atoms with Crippen LogP contribution in [-0.4, -0.2) is 46.8 Å². The molecule has 2 atom stereocenters. The Kier molecular flexibility index (Phi) is 6.30. The standard InChI is InChI=1S/C19H23FN2O5/c1-4-5-10-19(3)17(25)22(18(26)21-19)11-15(23)27-12(2)16(24)13-6-8-14(20)9-7-13/h6-9,12H,4-5,10-11H2,1-3H3,(H,21,26)/t12-,19-/m1/s1. The van der Waals surface area contributed by atoms with Crippen LogP contribution in [0, 0.1) is 5.82 Å². The first-order valence-electron chi connectivity index (χ1n) is 8.81. The molecule has 7 nitrogen and oxygen atoms in total. The minimum Gasteiger partial charge on any atom is -0.453 e. The summed E-state index contributed by atoms with van der Waals surface area (Å²) < 4.78 is 18.0. The van der Waals surface area contributed by atoms with E-state index in [1.807, 2.05) is 6.92 Å². The first-order chi connectivity index (χ1) is 12.7. The molecule has 146 valence electrons. The zero-order valence-corrected chi connectivity index (χ0v) is 15.6. The predicted molar refractivity (Wildman–Crippen MR) is 94.5 cm³/mol. The number of rotatable bonds is 8. The molecule has 1 aliphatic rings. The lowest BCUT2D eigenvalue weighted by Gasteiger charge is -2.21. The fourth-order valence-corrected chi connectivity index (χ4v) is 2.86. The molecule has 3 amide bonds. The van der Waals surface area contributed by atoms with Gasteiger partial charge in [0.05, 0.1) is 0 Å². The third-order valence-corrected chi connectivity index (χ3v) is 4.47. The number of nitrogens with one attached hydrogen (secondary N) is 1. The number of benzene rings is 1. The van der Waals surface area contributed by atoms with Crippen molar-refractivity contribution >= 4 is 23.7 Å². The van der Waals surface area contributed by atoms with Gasteiger partial charge in [-0.3, -0.25) is 19.3 Å². The molecule has 27 heavy (non-hydrogen) atoms. The van der Waals surface area contributed by atoms with Crippen molar-refractivity contribution in [1.82, 2.24) is 10.2 Å². The summed E-state index contributed by atoms with van der Waals surface area (Å²) in [5.74, 6) is -2.36. The highest BCUT2D eigenvalue weighted by molar-refractivity contribution is 6.08. The fourth-order valence-electron chi connectivity index (χ4n) is 2.86.